The van der Waals surface area contributed by atoms with E-state index in [0.717, 1.165) is 6.07 Å². The number of fused-ring (bicyclic) bond motifs is 1. The number of rotatable bonds is 5. The van der Waals surface area contributed by atoms with Crippen LogP contribution in [-0.4, -0.2) is 28.7 Å². The number of sulfonamides is 1. The Balaban J connectivity index is 1.73. The van der Waals surface area contributed by atoms with Gasteiger partial charge < -0.3 is 4.57 Å². The van der Waals surface area contributed by atoms with Crippen LogP contribution in [0.25, 0.3) is 10.9 Å². The van der Waals surface area contributed by atoms with Crippen molar-refractivity contribution in [3.63, 3.8) is 0 Å². The van der Waals surface area contributed by atoms with Crippen molar-refractivity contribution in [1.82, 2.24) is 19.1 Å². The molecule has 0 aliphatic carbocycles. The van der Waals surface area contributed by atoms with Crippen LogP contribution in [-0.2, 0) is 35.2 Å². The lowest BCUT2D eigenvalue weighted by Gasteiger charge is -2.16. The number of carbonyl (C=O) groups is 1. The minimum Gasteiger partial charge on any atom is -0.333 e. The quantitative estimate of drug-likeness (QED) is 0.385. The third-order valence-electron chi connectivity index (χ3n) is 6.26. The van der Waals surface area contributed by atoms with Gasteiger partial charge in [-0.25, -0.2) is 4.72 Å². The predicted octanol–water partition coefficient (Wildman–Crippen LogP) is 5.17. The molecule has 0 saturated heterocycles. The zero-order valence-electron chi connectivity index (χ0n) is 21.0. The molecule has 7 nitrogen and oxygen atoms in total. The average molecular weight is 533 g/mol. The highest BCUT2D eigenvalue weighted by molar-refractivity contribution is 7.90. The SMILES string of the molecule is Cc1c(Cn2nc(C(C)(C)C)cc2C(=O)NS(=O)(=O)c2cc3ccccc3n2C)cccc1C(F)(F)F. The minimum absolute atomic E-state index is 0.0114. The maximum absolute atomic E-state index is 13.4. The number of amides is 1. The lowest BCUT2D eigenvalue weighted by Crippen LogP contribution is -2.33. The third kappa shape index (κ3) is 5.13. The summed E-state index contributed by atoms with van der Waals surface area (Å²) in [5.41, 5.74) is 0.125. The van der Waals surface area contributed by atoms with Gasteiger partial charge in [0, 0.05) is 23.4 Å². The summed E-state index contributed by atoms with van der Waals surface area (Å²) in [7, 11) is -2.69. The fraction of sp³-hybridized carbons (Fsp3) is 0.308. The second kappa shape index (κ2) is 9.05. The maximum Gasteiger partial charge on any atom is 0.416 e. The van der Waals surface area contributed by atoms with E-state index in [2.05, 4.69) is 9.82 Å². The monoisotopic (exact) mass is 532 g/mol. The number of aryl methyl sites for hydroxylation is 1. The number of carbonyl (C=O) groups excluding carboxylic acids is 1. The van der Waals surface area contributed by atoms with Crippen LogP contribution < -0.4 is 4.72 Å². The molecule has 2 heterocycles. The molecule has 0 aliphatic rings. The average Bonchev–Trinajstić information content (AvgIpc) is 3.36. The summed E-state index contributed by atoms with van der Waals surface area (Å²) in [5.74, 6) is -0.933. The number of nitrogens with one attached hydrogen (secondary N) is 1. The van der Waals surface area contributed by atoms with E-state index in [1.54, 1.807) is 31.3 Å². The second-order valence-corrected chi connectivity index (χ2v) is 11.6. The van der Waals surface area contributed by atoms with Gasteiger partial charge >= 0.3 is 6.18 Å². The normalized spacial score (nSPS) is 12.8. The summed E-state index contributed by atoms with van der Waals surface area (Å²) < 4.78 is 71.5. The molecular weight excluding hydrogens is 505 g/mol. The van der Waals surface area contributed by atoms with E-state index in [1.165, 1.54) is 40.4 Å². The Morgan fingerprint density at radius 1 is 1.03 bits per heavy atom. The molecule has 1 amide bonds. The van der Waals surface area contributed by atoms with Crippen molar-refractivity contribution >= 4 is 26.8 Å². The van der Waals surface area contributed by atoms with E-state index >= 15 is 0 Å². The molecule has 0 spiro atoms. The number of para-hydroxylation sites is 1. The van der Waals surface area contributed by atoms with Crippen LogP contribution in [0.15, 0.2) is 59.6 Å². The Labute approximate surface area is 213 Å². The first-order valence-electron chi connectivity index (χ1n) is 11.5. The number of nitrogens with zero attached hydrogens (tertiary/aromatic N) is 3. The fourth-order valence-corrected chi connectivity index (χ4v) is 5.35. The van der Waals surface area contributed by atoms with Gasteiger partial charge in [-0.15, -0.1) is 0 Å². The van der Waals surface area contributed by atoms with Gasteiger partial charge in [-0.3, -0.25) is 9.48 Å². The van der Waals surface area contributed by atoms with Gasteiger partial charge in [0.1, 0.15) is 5.69 Å². The molecule has 196 valence electrons. The Morgan fingerprint density at radius 3 is 2.32 bits per heavy atom. The van der Waals surface area contributed by atoms with Crippen molar-refractivity contribution in [3.8, 4) is 0 Å². The molecule has 0 atom stereocenters. The molecule has 0 aliphatic heterocycles. The number of halogens is 3. The summed E-state index contributed by atoms with van der Waals surface area (Å²) in [6, 6.07) is 13.8. The Morgan fingerprint density at radius 2 is 1.70 bits per heavy atom. The molecule has 11 heteroatoms. The first-order valence-corrected chi connectivity index (χ1v) is 12.9. The first-order chi connectivity index (χ1) is 17.1. The third-order valence-corrected chi connectivity index (χ3v) is 7.66. The topological polar surface area (TPSA) is 86.0 Å². The lowest BCUT2D eigenvalue weighted by molar-refractivity contribution is -0.138. The summed E-state index contributed by atoms with van der Waals surface area (Å²) in [6.45, 7) is 6.80. The minimum atomic E-state index is -4.53. The molecule has 4 rings (SSSR count). The predicted molar refractivity (Wildman–Crippen MR) is 134 cm³/mol. The van der Waals surface area contributed by atoms with Crippen molar-refractivity contribution in [2.24, 2.45) is 7.05 Å². The summed E-state index contributed by atoms with van der Waals surface area (Å²) >= 11 is 0. The zero-order chi connectivity index (χ0) is 27.3. The van der Waals surface area contributed by atoms with Crippen molar-refractivity contribution in [2.45, 2.75) is 50.9 Å². The summed E-state index contributed by atoms with van der Waals surface area (Å²) in [5, 5.41) is 5.05. The van der Waals surface area contributed by atoms with Crippen LogP contribution in [0.3, 0.4) is 0 Å². The van der Waals surface area contributed by atoms with Gasteiger partial charge in [-0.1, -0.05) is 51.1 Å². The van der Waals surface area contributed by atoms with E-state index in [9.17, 15) is 26.4 Å². The molecule has 2 aromatic heterocycles. The Kier molecular flexibility index (Phi) is 6.48. The van der Waals surface area contributed by atoms with Crippen molar-refractivity contribution in [3.05, 3.63) is 82.7 Å². The Bertz CT molecular complexity index is 1610. The largest absolute Gasteiger partial charge is 0.416 e. The standard InChI is InChI=1S/C26H27F3N4O3S/c1-16-18(10-8-11-19(16)26(27,28)29)15-33-21(14-22(30-33)25(2,3)4)24(34)31-37(35,36)23-13-17-9-6-7-12-20(17)32(23)5/h6-14H,15H2,1-5H3,(H,31,34). The van der Waals surface area contributed by atoms with Gasteiger partial charge in [-0.2, -0.15) is 26.7 Å². The van der Waals surface area contributed by atoms with Crippen LogP contribution in [0.1, 0.15) is 53.6 Å². The van der Waals surface area contributed by atoms with Gasteiger partial charge in [0.2, 0.25) is 0 Å². The smallest absolute Gasteiger partial charge is 0.333 e. The molecule has 0 unspecified atom stereocenters. The van der Waals surface area contributed by atoms with Crippen molar-refractivity contribution in [2.75, 3.05) is 0 Å². The fourth-order valence-electron chi connectivity index (χ4n) is 4.16. The molecule has 37 heavy (non-hydrogen) atoms. The van der Waals surface area contributed by atoms with Gasteiger partial charge in [0.25, 0.3) is 15.9 Å². The van der Waals surface area contributed by atoms with Crippen molar-refractivity contribution < 1.29 is 26.4 Å². The summed E-state index contributed by atoms with van der Waals surface area (Å²) in [4.78, 5) is 13.3. The molecule has 4 aromatic rings. The van der Waals surface area contributed by atoms with Crippen LogP contribution in [0, 0.1) is 6.92 Å². The Hall–Kier alpha value is -3.60. The van der Waals surface area contributed by atoms with Crippen LogP contribution >= 0.6 is 0 Å². The van der Waals surface area contributed by atoms with E-state index in [-0.39, 0.29) is 22.8 Å². The molecule has 1 N–H and O–H groups in total. The zero-order valence-corrected chi connectivity index (χ0v) is 21.8. The van der Waals surface area contributed by atoms with Gasteiger partial charge in [-0.05, 0) is 42.3 Å². The van der Waals surface area contributed by atoms with Gasteiger partial charge in [0.15, 0.2) is 5.03 Å². The molecular formula is C26H27F3N4O3S. The first kappa shape index (κ1) is 26.5. The molecule has 0 bridgehead atoms. The maximum atomic E-state index is 13.4. The highest BCUT2D eigenvalue weighted by Gasteiger charge is 2.33. The molecule has 0 saturated carbocycles. The van der Waals surface area contributed by atoms with Gasteiger partial charge in [0.05, 0.1) is 17.8 Å². The van der Waals surface area contributed by atoms with Crippen LogP contribution in [0.4, 0.5) is 13.2 Å². The number of hydrogen-bond donors (Lipinski definition) is 1. The second-order valence-electron chi connectivity index (χ2n) is 9.94. The number of benzene rings is 2. The van der Waals surface area contributed by atoms with Crippen LogP contribution in [0.5, 0.6) is 0 Å². The molecule has 0 radical (unpaired) electrons. The van der Waals surface area contributed by atoms with E-state index < -0.39 is 33.1 Å². The van der Waals surface area contributed by atoms with E-state index in [0.29, 0.717) is 22.2 Å². The molecule has 0 fully saturated rings. The van der Waals surface area contributed by atoms with E-state index in [1.807, 2.05) is 20.8 Å². The van der Waals surface area contributed by atoms with Crippen molar-refractivity contribution in [1.29, 1.82) is 0 Å². The number of hydrogen-bond acceptors (Lipinski definition) is 4. The lowest BCUT2D eigenvalue weighted by atomic mass is 9.92. The van der Waals surface area contributed by atoms with Crippen LogP contribution in [0.2, 0.25) is 0 Å². The van der Waals surface area contributed by atoms with E-state index in [4.69, 9.17) is 0 Å². The number of aromatic nitrogens is 3. The number of alkyl halides is 3. The highest BCUT2D eigenvalue weighted by Crippen LogP contribution is 2.33. The molecule has 2 aromatic carbocycles. The summed E-state index contributed by atoms with van der Waals surface area (Å²) in [6.07, 6.45) is -4.53. The highest BCUT2D eigenvalue weighted by atomic mass is 32.2.